The first-order valence-electron chi connectivity index (χ1n) is 6.07. The van der Waals surface area contributed by atoms with Crippen molar-refractivity contribution in [2.45, 2.75) is 23.8 Å². The lowest BCUT2D eigenvalue weighted by atomic mass is 10.3. The summed E-state index contributed by atoms with van der Waals surface area (Å²) in [6, 6.07) is 7.95. The molecule has 18 heavy (non-hydrogen) atoms. The molecule has 0 heterocycles. The summed E-state index contributed by atoms with van der Waals surface area (Å²) in [5.41, 5.74) is 0.801. The monoisotopic (exact) mass is 266 g/mol. The highest BCUT2D eigenvalue weighted by molar-refractivity contribution is 7.98. The molecule has 0 bridgehead atoms. The molecule has 0 atom stereocenters. The van der Waals surface area contributed by atoms with Crippen LogP contribution in [0, 0.1) is 0 Å². The van der Waals surface area contributed by atoms with Gasteiger partial charge in [-0.2, -0.15) is 0 Å². The van der Waals surface area contributed by atoms with Gasteiger partial charge in [0.25, 0.3) is 0 Å². The minimum atomic E-state index is -0.121. The van der Waals surface area contributed by atoms with Gasteiger partial charge in [-0.15, -0.1) is 11.8 Å². The summed E-state index contributed by atoms with van der Waals surface area (Å²) in [5.74, 6) is 0. The Bertz CT molecular complexity index is 421. The standard InChI is InChI=1S/C13H18N2O2S/c1-18-12-4-2-3-10(9-12)14-13(17)15(7-8-16)11-5-6-11/h2-4,9,11,16H,5-8H2,1H3,(H,14,17). The Hall–Kier alpha value is -1.20. The second kappa shape index (κ2) is 6.11. The molecule has 0 aromatic heterocycles. The van der Waals surface area contributed by atoms with Crippen LogP contribution in [0.5, 0.6) is 0 Å². The SMILES string of the molecule is CSc1cccc(NC(=O)N(CCO)C2CC2)c1. The quantitative estimate of drug-likeness (QED) is 0.805. The van der Waals surface area contributed by atoms with Crippen molar-refractivity contribution in [3.05, 3.63) is 24.3 Å². The molecule has 1 aromatic rings. The summed E-state index contributed by atoms with van der Waals surface area (Å²) in [6.45, 7) is 0.410. The minimum absolute atomic E-state index is 0.00870. The van der Waals surface area contributed by atoms with Gasteiger partial charge in [-0.3, -0.25) is 0 Å². The van der Waals surface area contributed by atoms with Crippen molar-refractivity contribution >= 4 is 23.5 Å². The molecule has 0 unspecified atom stereocenters. The Morgan fingerprint density at radius 2 is 2.33 bits per heavy atom. The fraction of sp³-hybridized carbons (Fsp3) is 0.462. The Kier molecular flexibility index (Phi) is 4.49. The van der Waals surface area contributed by atoms with Crippen molar-refractivity contribution in [2.75, 3.05) is 24.7 Å². The van der Waals surface area contributed by atoms with Crippen LogP contribution in [0.25, 0.3) is 0 Å². The second-order valence-electron chi connectivity index (χ2n) is 4.31. The number of hydrogen-bond donors (Lipinski definition) is 2. The van der Waals surface area contributed by atoms with E-state index in [-0.39, 0.29) is 12.6 Å². The van der Waals surface area contributed by atoms with Gasteiger partial charge >= 0.3 is 6.03 Å². The zero-order chi connectivity index (χ0) is 13.0. The fourth-order valence-electron chi connectivity index (χ4n) is 1.84. The van der Waals surface area contributed by atoms with Crippen molar-refractivity contribution in [1.82, 2.24) is 4.90 Å². The number of hydrogen-bond acceptors (Lipinski definition) is 3. The van der Waals surface area contributed by atoms with Crippen LogP contribution in [0.4, 0.5) is 10.5 Å². The van der Waals surface area contributed by atoms with Crippen LogP contribution in [0.3, 0.4) is 0 Å². The van der Waals surface area contributed by atoms with E-state index in [1.807, 2.05) is 30.5 Å². The topological polar surface area (TPSA) is 52.6 Å². The number of thioether (sulfide) groups is 1. The van der Waals surface area contributed by atoms with E-state index in [1.165, 1.54) is 0 Å². The molecule has 1 aliphatic carbocycles. The van der Waals surface area contributed by atoms with E-state index >= 15 is 0 Å². The maximum absolute atomic E-state index is 12.1. The molecule has 2 rings (SSSR count). The average molecular weight is 266 g/mol. The third-order valence-corrected chi connectivity index (χ3v) is 3.64. The van der Waals surface area contributed by atoms with E-state index in [0.29, 0.717) is 12.6 Å². The van der Waals surface area contributed by atoms with E-state index in [0.717, 1.165) is 23.4 Å². The molecule has 2 N–H and O–H groups in total. The van der Waals surface area contributed by atoms with Crippen molar-refractivity contribution in [1.29, 1.82) is 0 Å². The molecule has 98 valence electrons. The minimum Gasteiger partial charge on any atom is -0.395 e. The van der Waals surface area contributed by atoms with Crippen LogP contribution in [-0.2, 0) is 0 Å². The summed E-state index contributed by atoms with van der Waals surface area (Å²) in [6.07, 6.45) is 4.08. The van der Waals surface area contributed by atoms with Crippen molar-refractivity contribution in [3.8, 4) is 0 Å². The number of benzene rings is 1. The number of nitrogens with zero attached hydrogens (tertiary/aromatic N) is 1. The lowest BCUT2D eigenvalue weighted by Gasteiger charge is -2.21. The zero-order valence-corrected chi connectivity index (χ0v) is 11.2. The number of nitrogens with one attached hydrogen (secondary N) is 1. The van der Waals surface area contributed by atoms with Gasteiger partial charge in [0, 0.05) is 23.2 Å². The van der Waals surface area contributed by atoms with Gasteiger partial charge in [0.2, 0.25) is 0 Å². The summed E-state index contributed by atoms with van der Waals surface area (Å²) < 4.78 is 0. The summed E-state index contributed by atoms with van der Waals surface area (Å²) in [7, 11) is 0. The molecule has 0 spiro atoms. The number of urea groups is 1. The molecule has 0 saturated heterocycles. The van der Waals surface area contributed by atoms with Gasteiger partial charge in [0.05, 0.1) is 6.61 Å². The largest absolute Gasteiger partial charge is 0.395 e. The molecular formula is C13H18N2O2S. The highest BCUT2D eigenvalue weighted by Crippen LogP contribution is 2.27. The zero-order valence-electron chi connectivity index (χ0n) is 10.4. The van der Waals surface area contributed by atoms with Crippen LogP contribution in [-0.4, -0.2) is 41.5 Å². The highest BCUT2D eigenvalue weighted by atomic mass is 32.2. The molecule has 4 nitrogen and oxygen atoms in total. The molecule has 5 heteroatoms. The summed E-state index contributed by atoms with van der Waals surface area (Å²) in [4.78, 5) is 14.9. The van der Waals surface area contributed by atoms with E-state index < -0.39 is 0 Å². The van der Waals surface area contributed by atoms with Gasteiger partial charge in [0.1, 0.15) is 0 Å². The number of carbonyl (C=O) groups is 1. The summed E-state index contributed by atoms with van der Waals surface area (Å²) >= 11 is 1.64. The molecule has 1 aromatic carbocycles. The Morgan fingerprint density at radius 3 is 2.94 bits per heavy atom. The van der Waals surface area contributed by atoms with E-state index in [9.17, 15) is 4.79 Å². The van der Waals surface area contributed by atoms with Crippen LogP contribution in [0.1, 0.15) is 12.8 Å². The normalized spacial score (nSPS) is 14.3. The van der Waals surface area contributed by atoms with Gasteiger partial charge in [-0.1, -0.05) is 6.07 Å². The maximum atomic E-state index is 12.1. The number of anilines is 1. The lowest BCUT2D eigenvalue weighted by molar-refractivity contribution is 0.185. The predicted molar refractivity (Wildman–Crippen MR) is 74.1 cm³/mol. The number of carbonyl (C=O) groups excluding carboxylic acids is 1. The smallest absolute Gasteiger partial charge is 0.322 e. The number of aliphatic hydroxyl groups excluding tert-OH is 1. The molecule has 1 saturated carbocycles. The van der Waals surface area contributed by atoms with Gasteiger partial charge < -0.3 is 15.3 Å². The van der Waals surface area contributed by atoms with Crippen LogP contribution in [0.2, 0.25) is 0 Å². The molecule has 1 fully saturated rings. The lowest BCUT2D eigenvalue weighted by Crippen LogP contribution is -2.38. The first kappa shape index (κ1) is 13.2. The third-order valence-electron chi connectivity index (χ3n) is 2.91. The first-order valence-corrected chi connectivity index (χ1v) is 7.29. The molecule has 2 amide bonds. The van der Waals surface area contributed by atoms with Crippen molar-refractivity contribution < 1.29 is 9.90 Å². The number of aliphatic hydroxyl groups is 1. The van der Waals surface area contributed by atoms with Gasteiger partial charge in [0.15, 0.2) is 0 Å². The van der Waals surface area contributed by atoms with Crippen LogP contribution >= 0.6 is 11.8 Å². The first-order chi connectivity index (χ1) is 8.74. The van der Waals surface area contributed by atoms with Crippen LogP contribution in [0.15, 0.2) is 29.2 Å². The van der Waals surface area contributed by atoms with Crippen molar-refractivity contribution in [2.24, 2.45) is 0 Å². The summed E-state index contributed by atoms with van der Waals surface area (Å²) in [5, 5.41) is 11.9. The fourth-order valence-corrected chi connectivity index (χ4v) is 2.30. The second-order valence-corrected chi connectivity index (χ2v) is 5.19. The highest BCUT2D eigenvalue weighted by Gasteiger charge is 2.32. The molecule has 0 radical (unpaired) electrons. The predicted octanol–water partition coefficient (Wildman–Crippen LogP) is 2.40. The average Bonchev–Trinajstić information content (AvgIpc) is 3.20. The van der Waals surface area contributed by atoms with Crippen LogP contribution < -0.4 is 5.32 Å². The number of rotatable bonds is 5. The van der Waals surface area contributed by atoms with Crippen molar-refractivity contribution in [3.63, 3.8) is 0 Å². The third kappa shape index (κ3) is 3.40. The van der Waals surface area contributed by atoms with E-state index in [1.54, 1.807) is 16.7 Å². The number of amides is 2. The van der Waals surface area contributed by atoms with Gasteiger partial charge in [-0.25, -0.2) is 4.79 Å². The van der Waals surface area contributed by atoms with E-state index in [4.69, 9.17) is 5.11 Å². The molecule has 1 aliphatic rings. The van der Waals surface area contributed by atoms with Gasteiger partial charge in [-0.05, 0) is 37.3 Å². The molecular weight excluding hydrogens is 248 g/mol. The van der Waals surface area contributed by atoms with E-state index in [2.05, 4.69) is 5.32 Å². The maximum Gasteiger partial charge on any atom is 0.322 e. The molecule has 0 aliphatic heterocycles. The Morgan fingerprint density at radius 1 is 1.56 bits per heavy atom. The Labute approximate surface area is 111 Å². The Balaban J connectivity index is 2.00.